The van der Waals surface area contributed by atoms with E-state index in [0.29, 0.717) is 23.8 Å². The second kappa shape index (κ2) is 6.96. The average molecular weight is 291 g/mol. The molecule has 0 heterocycles. The Balaban J connectivity index is 2.03. The Morgan fingerprint density at radius 2 is 1.80 bits per heavy atom. The van der Waals surface area contributed by atoms with Crippen LogP contribution in [0.3, 0.4) is 0 Å². The van der Waals surface area contributed by atoms with E-state index in [9.17, 15) is 4.79 Å². The first-order valence-electron chi connectivity index (χ1n) is 6.20. The van der Waals surface area contributed by atoms with Gasteiger partial charge in [-0.2, -0.15) is 0 Å². The van der Waals surface area contributed by atoms with Crippen LogP contribution < -0.4 is 9.47 Å². The molecule has 0 aliphatic heterocycles. The number of ether oxygens (including phenoxy) is 2. The van der Waals surface area contributed by atoms with Crippen molar-refractivity contribution in [2.75, 3.05) is 7.11 Å². The summed E-state index contributed by atoms with van der Waals surface area (Å²) >= 11 is 5.99. The summed E-state index contributed by atoms with van der Waals surface area (Å²) in [4.78, 5) is 10.5. The van der Waals surface area contributed by atoms with Gasteiger partial charge in [-0.25, -0.2) is 0 Å². The molecule has 0 N–H and O–H groups in total. The molecule has 0 spiro atoms. The molecule has 0 amide bonds. The van der Waals surface area contributed by atoms with E-state index in [1.54, 1.807) is 19.2 Å². The highest BCUT2D eigenvalue weighted by Gasteiger charge is 2.02. The van der Waals surface area contributed by atoms with Gasteiger partial charge in [0.15, 0.2) is 0 Å². The summed E-state index contributed by atoms with van der Waals surface area (Å²) < 4.78 is 10.8. The van der Waals surface area contributed by atoms with Crippen LogP contribution in [0.1, 0.15) is 11.1 Å². The van der Waals surface area contributed by atoms with Crippen molar-refractivity contribution in [3.63, 3.8) is 0 Å². The molecule has 0 radical (unpaired) electrons. The zero-order chi connectivity index (χ0) is 14.4. The van der Waals surface area contributed by atoms with Crippen LogP contribution >= 0.6 is 11.6 Å². The molecule has 0 saturated carbocycles. The minimum Gasteiger partial charge on any atom is -0.497 e. The molecule has 20 heavy (non-hydrogen) atoms. The lowest BCUT2D eigenvalue weighted by Gasteiger charge is -2.09. The number of carbonyl (C=O) groups is 1. The molecular formula is C16H15ClO3. The third-order valence-electron chi connectivity index (χ3n) is 2.81. The maximum atomic E-state index is 10.5. The van der Waals surface area contributed by atoms with E-state index in [1.807, 2.05) is 30.3 Å². The molecule has 0 bridgehead atoms. The fourth-order valence-electron chi connectivity index (χ4n) is 1.81. The number of hydrogen-bond donors (Lipinski definition) is 0. The summed E-state index contributed by atoms with van der Waals surface area (Å²) in [6.45, 7) is 0.435. The molecule has 0 aliphatic carbocycles. The van der Waals surface area contributed by atoms with Gasteiger partial charge in [0, 0.05) is 11.4 Å². The molecular weight excluding hydrogens is 276 g/mol. The fraction of sp³-hybridized carbons (Fsp3) is 0.188. The van der Waals surface area contributed by atoms with Crippen LogP contribution in [0.25, 0.3) is 0 Å². The smallest absolute Gasteiger partial charge is 0.124 e. The predicted molar refractivity (Wildman–Crippen MR) is 78.5 cm³/mol. The number of carbonyl (C=O) groups excluding carboxylic acids is 1. The second-order valence-corrected chi connectivity index (χ2v) is 4.74. The topological polar surface area (TPSA) is 35.5 Å². The van der Waals surface area contributed by atoms with Crippen molar-refractivity contribution < 1.29 is 14.3 Å². The second-order valence-electron chi connectivity index (χ2n) is 4.30. The molecule has 0 aliphatic rings. The van der Waals surface area contributed by atoms with Crippen LogP contribution in [0.4, 0.5) is 0 Å². The Morgan fingerprint density at radius 1 is 1.05 bits per heavy atom. The van der Waals surface area contributed by atoms with Gasteiger partial charge in [-0.3, -0.25) is 0 Å². The SMILES string of the molecule is COc1ccc(COc2cc(Cl)cc(CC=O)c2)cc1. The fourth-order valence-corrected chi connectivity index (χ4v) is 2.05. The van der Waals surface area contributed by atoms with Crippen molar-refractivity contribution in [1.29, 1.82) is 0 Å². The van der Waals surface area contributed by atoms with Crippen LogP contribution in [-0.4, -0.2) is 13.4 Å². The van der Waals surface area contributed by atoms with Gasteiger partial charge in [0.1, 0.15) is 24.4 Å². The van der Waals surface area contributed by atoms with Crippen molar-refractivity contribution in [2.24, 2.45) is 0 Å². The van der Waals surface area contributed by atoms with Gasteiger partial charge >= 0.3 is 0 Å². The Labute approximate surface area is 123 Å². The van der Waals surface area contributed by atoms with E-state index in [2.05, 4.69) is 0 Å². The summed E-state index contributed by atoms with van der Waals surface area (Å²) in [6, 6.07) is 13.0. The Bertz CT molecular complexity index is 579. The van der Waals surface area contributed by atoms with E-state index in [-0.39, 0.29) is 0 Å². The first kappa shape index (κ1) is 14.4. The highest BCUT2D eigenvalue weighted by atomic mass is 35.5. The first-order chi connectivity index (χ1) is 9.71. The molecule has 0 unspecified atom stereocenters. The number of benzene rings is 2. The minimum atomic E-state index is 0.333. The van der Waals surface area contributed by atoms with E-state index in [0.717, 1.165) is 23.2 Å². The van der Waals surface area contributed by atoms with Crippen LogP contribution in [0.5, 0.6) is 11.5 Å². The highest BCUT2D eigenvalue weighted by molar-refractivity contribution is 6.30. The van der Waals surface area contributed by atoms with Crippen LogP contribution in [0.2, 0.25) is 5.02 Å². The maximum Gasteiger partial charge on any atom is 0.124 e. The number of rotatable bonds is 6. The van der Waals surface area contributed by atoms with E-state index >= 15 is 0 Å². The lowest BCUT2D eigenvalue weighted by molar-refractivity contribution is -0.107. The lowest BCUT2D eigenvalue weighted by atomic mass is 10.1. The molecule has 0 aromatic heterocycles. The van der Waals surface area contributed by atoms with Gasteiger partial charge in [-0.15, -0.1) is 0 Å². The molecule has 2 rings (SSSR count). The van der Waals surface area contributed by atoms with Crippen molar-refractivity contribution >= 4 is 17.9 Å². The molecule has 2 aromatic carbocycles. The Kier molecular flexibility index (Phi) is 5.02. The molecule has 2 aromatic rings. The average Bonchev–Trinajstić information content (AvgIpc) is 2.45. The minimum absolute atomic E-state index is 0.333. The quantitative estimate of drug-likeness (QED) is 0.762. The molecule has 0 fully saturated rings. The Morgan fingerprint density at radius 3 is 2.45 bits per heavy atom. The maximum absolute atomic E-state index is 10.5. The van der Waals surface area contributed by atoms with Crippen LogP contribution in [-0.2, 0) is 17.8 Å². The first-order valence-corrected chi connectivity index (χ1v) is 6.58. The lowest BCUT2D eigenvalue weighted by Crippen LogP contribution is -1.97. The van der Waals surface area contributed by atoms with Crippen molar-refractivity contribution in [2.45, 2.75) is 13.0 Å². The van der Waals surface area contributed by atoms with Gasteiger partial charge in [0.25, 0.3) is 0 Å². The van der Waals surface area contributed by atoms with Crippen LogP contribution in [0, 0.1) is 0 Å². The van der Waals surface area contributed by atoms with Gasteiger partial charge in [0.2, 0.25) is 0 Å². The monoisotopic (exact) mass is 290 g/mol. The number of methoxy groups -OCH3 is 1. The summed E-state index contributed by atoms with van der Waals surface area (Å²) in [5.41, 5.74) is 1.87. The van der Waals surface area contributed by atoms with E-state index in [1.165, 1.54) is 0 Å². The zero-order valence-corrected chi connectivity index (χ0v) is 11.9. The predicted octanol–water partition coefficient (Wildman–Crippen LogP) is 3.67. The Hall–Kier alpha value is -2.00. The molecule has 0 saturated heterocycles. The van der Waals surface area contributed by atoms with Gasteiger partial charge in [0.05, 0.1) is 7.11 Å². The zero-order valence-electron chi connectivity index (χ0n) is 11.1. The van der Waals surface area contributed by atoms with Gasteiger partial charge in [-0.1, -0.05) is 23.7 Å². The van der Waals surface area contributed by atoms with Crippen molar-refractivity contribution in [1.82, 2.24) is 0 Å². The van der Waals surface area contributed by atoms with E-state index in [4.69, 9.17) is 21.1 Å². The summed E-state index contributed by atoms with van der Waals surface area (Å²) in [5, 5.41) is 0.564. The standard InChI is InChI=1S/C16H15ClO3/c1-19-15-4-2-12(3-5-15)11-20-16-9-13(6-7-18)8-14(17)10-16/h2-5,7-10H,6,11H2,1H3. The summed E-state index contributed by atoms with van der Waals surface area (Å²) in [7, 11) is 1.63. The summed E-state index contributed by atoms with van der Waals surface area (Å²) in [6.07, 6.45) is 1.18. The van der Waals surface area contributed by atoms with Crippen molar-refractivity contribution in [3.8, 4) is 11.5 Å². The molecule has 104 valence electrons. The van der Waals surface area contributed by atoms with Gasteiger partial charge < -0.3 is 14.3 Å². The normalized spacial score (nSPS) is 10.1. The number of hydrogen-bond acceptors (Lipinski definition) is 3. The van der Waals surface area contributed by atoms with Crippen LogP contribution in [0.15, 0.2) is 42.5 Å². The molecule has 3 nitrogen and oxygen atoms in total. The summed E-state index contributed by atoms with van der Waals surface area (Å²) in [5.74, 6) is 1.47. The van der Waals surface area contributed by atoms with Gasteiger partial charge in [-0.05, 0) is 41.5 Å². The largest absolute Gasteiger partial charge is 0.497 e. The van der Waals surface area contributed by atoms with Crippen molar-refractivity contribution in [3.05, 3.63) is 58.6 Å². The molecule has 0 atom stereocenters. The number of halogens is 1. The molecule has 4 heteroatoms. The van der Waals surface area contributed by atoms with E-state index < -0.39 is 0 Å². The highest BCUT2D eigenvalue weighted by Crippen LogP contribution is 2.22. The third-order valence-corrected chi connectivity index (χ3v) is 3.03. The number of aldehydes is 1. The third kappa shape index (κ3) is 4.00.